The molecule has 0 saturated carbocycles. The van der Waals surface area contributed by atoms with Crippen LogP contribution in [-0.4, -0.2) is 22.1 Å². The minimum Gasteiger partial charge on any atom is -0.426 e. The van der Waals surface area contributed by atoms with Crippen molar-refractivity contribution in [1.29, 1.82) is 0 Å². The van der Waals surface area contributed by atoms with Crippen LogP contribution >= 0.6 is 0 Å². The summed E-state index contributed by atoms with van der Waals surface area (Å²) < 4.78 is 19.2. The molecule has 3 aromatic rings. The standard InChI is InChI=1S/C32H41FN2O2/c1-3-5-7-8-9-11-12-25-23-34-32(35-24-25)28-16-14-26(15-17-28)27-18-20-30(21-19-27)37-31(36)22-29(33)13-10-6-4-2/h14-21,23-24,29H,3-13,22H2,1-2H3/t29-/m1/s1. The monoisotopic (exact) mass is 504 g/mol. The summed E-state index contributed by atoms with van der Waals surface area (Å²) in [6.45, 7) is 4.32. The Hall–Kier alpha value is -3.08. The number of hydrogen-bond donors (Lipinski definition) is 0. The van der Waals surface area contributed by atoms with Gasteiger partial charge in [-0.3, -0.25) is 4.79 Å². The quantitative estimate of drug-likeness (QED) is 0.111. The van der Waals surface area contributed by atoms with Crippen molar-refractivity contribution in [2.45, 2.75) is 97.1 Å². The van der Waals surface area contributed by atoms with Crippen molar-refractivity contribution >= 4 is 5.97 Å². The molecule has 2 aromatic carbocycles. The van der Waals surface area contributed by atoms with Crippen molar-refractivity contribution in [2.24, 2.45) is 0 Å². The lowest BCUT2D eigenvalue weighted by Crippen LogP contribution is -2.14. The molecule has 4 nitrogen and oxygen atoms in total. The van der Waals surface area contributed by atoms with Gasteiger partial charge in [-0.2, -0.15) is 0 Å². The molecule has 0 unspecified atom stereocenters. The molecule has 0 N–H and O–H groups in total. The predicted octanol–water partition coefficient (Wildman–Crippen LogP) is 8.93. The van der Waals surface area contributed by atoms with E-state index in [2.05, 4.69) is 23.8 Å². The number of alkyl halides is 1. The summed E-state index contributed by atoms with van der Waals surface area (Å²) in [6, 6.07) is 15.4. The minimum atomic E-state index is -1.14. The molecule has 1 atom stereocenters. The van der Waals surface area contributed by atoms with E-state index in [0.717, 1.165) is 48.2 Å². The minimum absolute atomic E-state index is 0.199. The van der Waals surface area contributed by atoms with Crippen molar-refractivity contribution in [1.82, 2.24) is 9.97 Å². The molecule has 1 heterocycles. The summed E-state index contributed by atoms with van der Waals surface area (Å²) in [4.78, 5) is 21.2. The zero-order valence-electron chi connectivity index (χ0n) is 22.4. The van der Waals surface area contributed by atoms with Gasteiger partial charge in [0.25, 0.3) is 0 Å². The second-order valence-corrected chi connectivity index (χ2v) is 9.81. The van der Waals surface area contributed by atoms with Gasteiger partial charge >= 0.3 is 5.97 Å². The maximum atomic E-state index is 13.9. The van der Waals surface area contributed by atoms with Crippen LogP contribution in [0.3, 0.4) is 0 Å². The molecule has 3 rings (SSSR count). The first-order valence-corrected chi connectivity index (χ1v) is 14.0. The maximum Gasteiger partial charge on any atom is 0.314 e. The molecule has 37 heavy (non-hydrogen) atoms. The number of hydrogen-bond acceptors (Lipinski definition) is 4. The third-order valence-electron chi connectivity index (χ3n) is 6.60. The summed E-state index contributed by atoms with van der Waals surface area (Å²) in [5.74, 6) is 0.626. The Morgan fingerprint density at radius 2 is 1.30 bits per heavy atom. The van der Waals surface area contributed by atoms with E-state index in [0.29, 0.717) is 12.2 Å². The van der Waals surface area contributed by atoms with E-state index in [1.165, 1.54) is 44.1 Å². The summed E-state index contributed by atoms with van der Waals surface area (Å²) in [7, 11) is 0. The summed E-state index contributed by atoms with van der Waals surface area (Å²) in [6.07, 6.45) is 14.5. The highest BCUT2D eigenvalue weighted by Crippen LogP contribution is 2.25. The SMILES string of the molecule is CCCCCCCCc1cnc(-c2ccc(-c3ccc(OC(=O)C[C@H](F)CCCCC)cc3)cc2)nc1. The largest absolute Gasteiger partial charge is 0.426 e. The number of esters is 1. The van der Waals surface area contributed by atoms with Crippen LogP contribution in [0.15, 0.2) is 60.9 Å². The molecule has 5 heteroatoms. The Balaban J connectivity index is 1.48. The zero-order chi connectivity index (χ0) is 26.3. The van der Waals surface area contributed by atoms with Gasteiger partial charge in [-0.1, -0.05) is 102 Å². The molecule has 0 fully saturated rings. The van der Waals surface area contributed by atoms with Crippen LogP contribution in [0, 0.1) is 0 Å². The Morgan fingerprint density at radius 3 is 1.95 bits per heavy atom. The number of ether oxygens (including phenoxy) is 1. The fourth-order valence-corrected chi connectivity index (χ4v) is 4.34. The zero-order valence-corrected chi connectivity index (χ0v) is 22.4. The summed E-state index contributed by atoms with van der Waals surface area (Å²) >= 11 is 0. The predicted molar refractivity (Wildman–Crippen MR) is 149 cm³/mol. The number of unbranched alkanes of at least 4 members (excludes halogenated alkanes) is 7. The highest BCUT2D eigenvalue weighted by atomic mass is 19.1. The first-order valence-electron chi connectivity index (χ1n) is 14.0. The lowest BCUT2D eigenvalue weighted by atomic mass is 10.0. The van der Waals surface area contributed by atoms with Gasteiger partial charge in [-0.25, -0.2) is 14.4 Å². The van der Waals surface area contributed by atoms with Crippen LogP contribution in [-0.2, 0) is 11.2 Å². The van der Waals surface area contributed by atoms with Gasteiger partial charge in [-0.15, -0.1) is 0 Å². The first-order chi connectivity index (χ1) is 18.1. The molecule has 1 aromatic heterocycles. The molecule has 0 radical (unpaired) electrons. The first kappa shape index (κ1) is 28.5. The van der Waals surface area contributed by atoms with E-state index in [9.17, 15) is 9.18 Å². The topological polar surface area (TPSA) is 52.1 Å². The molecule has 0 bridgehead atoms. The lowest BCUT2D eigenvalue weighted by molar-refractivity contribution is -0.135. The van der Waals surface area contributed by atoms with Crippen molar-refractivity contribution in [3.8, 4) is 28.3 Å². The highest BCUT2D eigenvalue weighted by Gasteiger charge is 2.14. The number of nitrogens with zero attached hydrogens (tertiary/aromatic N) is 2. The molecule has 0 amide bonds. The average molecular weight is 505 g/mol. The van der Waals surface area contributed by atoms with Crippen molar-refractivity contribution in [3.05, 3.63) is 66.5 Å². The van der Waals surface area contributed by atoms with E-state index in [4.69, 9.17) is 4.74 Å². The Bertz CT molecular complexity index is 1050. The number of rotatable bonds is 16. The maximum absolute atomic E-state index is 13.9. The molecule has 0 aliphatic rings. The van der Waals surface area contributed by atoms with Gasteiger partial charge in [0.2, 0.25) is 0 Å². The number of aryl methyl sites for hydroxylation is 1. The van der Waals surface area contributed by atoms with Crippen molar-refractivity contribution in [2.75, 3.05) is 0 Å². The molecular weight excluding hydrogens is 463 g/mol. The fraction of sp³-hybridized carbons (Fsp3) is 0.469. The van der Waals surface area contributed by atoms with Crippen LogP contribution in [0.5, 0.6) is 5.75 Å². The van der Waals surface area contributed by atoms with Crippen LogP contribution in [0.2, 0.25) is 0 Å². The van der Waals surface area contributed by atoms with E-state index in [1.807, 2.05) is 48.8 Å². The number of halogens is 1. The highest BCUT2D eigenvalue weighted by molar-refractivity contribution is 5.73. The van der Waals surface area contributed by atoms with Crippen molar-refractivity contribution in [3.63, 3.8) is 0 Å². The third kappa shape index (κ3) is 10.1. The Kier molecular flexibility index (Phi) is 12.2. The van der Waals surface area contributed by atoms with Gasteiger partial charge in [0.15, 0.2) is 5.82 Å². The van der Waals surface area contributed by atoms with Crippen LogP contribution in [0.4, 0.5) is 4.39 Å². The summed E-state index contributed by atoms with van der Waals surface area (Å²) in [5.41, 5.74) is 4.21. The molecule has 0 saturated heterocycles. The van der Waals surface area contributed by atoms with Gasteiger partial charge < -0.3 is 4.74 Å². The van der Waals surface area contributed by atoms with Gasteiger partial charge in [0.1, 0.15) is 11.9 Å². The normalized spacial score (nSPS) is 11.9. The fourth-order valence-electron chi connectivity index (χ4n) is 4.34. The van der Waals surface area contributed by atoms with Gasteiger partial charge in [0.05, 0.1) is 6.42 Å². The van der Waals surface area contributed by atoms with Gasteiger partial charge in [-0.05, 0) is 48.1 Å². The number of aromatic nitrogens is 2. The summed E-state index contributed by atoms with van der Waals surface area (Å²) in [5, 5.41) is 0. The molecule has 0 aliphatic carbocycles. The molecule has 0 aliphatic heterocycles. The molecule has 198 valence electrons. The molecular formula is C32H41FN2O2. The van der Waals surface area contributed by atoms with Crippen molar-refractivity contribution < 1.29 is 13.9 Å². The molecule has 0 spiro atoms. The number of carbonyl (C=O) groups is 1. The van der Waals surface area contributed by atoms with Crippen LogP contribution in [0.25, 0.3) is 22.5 Å². The van der Waals surface area contributed by atoms with E-state index < -0.39 is 12.1 Å². The second kappa shape index (κ2) is 15.9. The van der Waals surface area contributed by atoms with Gasteiger partial charge in [0, 0.05) is 18.0 Å². The van der Waals surface area contributed by atoms with E-state index in [-0.39, 0.29) is 6.42 Å². The van der Waals surface area contributed by atoms with E-state index >= 15 is 0 Å². The number of benzene rings is 2. The van der Waals surface area contributed by atoms with Crippen LogP contribution < -0.4 is 4.74 Å². The van der Waals surface area contributed by atoms with E-state index in [1.54, 1.807) is 12.1 Å². The third-order valence-corrected chi connectivity index (χ3v) is 6.60. The Morgan fingerprint density at radius 1 is 0.757 bits per heavy atom. The smallest absolute Gasteiger partial charge is 0.314 e. The van der Waals surface area contributed by atoms with Crippen LogP contribution in [0.1, 0.15) is 90.0 Å². The number of carbonyl (C=O) groups excluding carboxylic acids is 1. The second-order valence-electron chi connectivity index (χ2n) is 9.81. The Labute approximate surface area is 221 Å². The lowest BCUT2D eigenvalue weighted by Gasteiger charge is -2.09. The average Bonchev–Trinajstić information content (AvgIpc) is 2.92.